The molecule has 1 aromatic heterocycles. The molecule has 2 aromatic rings. The first kappa shape index (κ1) is 18.8. The summed E-state index contributed by atoms with van der Waals surface area (Å²) in [7, 11) is 0. The lowest BCUT2D eigenvalue weighted by atomic mass is 9.95. The molecule has 1 aromatic carbocycles. The molecule has 3 fully saturated rings. The van der Waals surface area contributed by atoms with Crippen LogP contribution >= 0.6 is 0 Å². The first-order valence-corrected chi connectivity index (χ1v) is 10.8. The second-order valence-corrected chi connectivity index (χ2v) is 8.90. The Balaban J connectivity index is 1.42. The third-order valence-electron chi connectivity index (χ3n) is 7.19. The number of nitrogens with zero attached hydrogens (tertiary/aromatic N) is 4. The second-order valence-electron chi connectivity index (χ2n) is 8.90. The van der Waals surface area contributed by atoms with E-state index >= 15 is 0 Å². The largest absolute Gasteiger partial charge is 0.396 e. The summed E-state index contributed by atoms with van der Waals surface area (Å²) in [6.07, 6.45) is 3.18. The van der Waals surface area contributed by atoms with Gasteiger partial charge >= 0.3 is 0 Å². The van der Waals surface area contributed by atoms with E-state index in [1.54, 1.807) is 0 Å². The summed E-state index contributed by atoms with van der Waals surface area (Å²) >= 11 is 0. The van der Waals surface area contributed by atoms with E-state index in [1.165, 1.54) is 24.8 Å². The van der Waals surface area contributed by atoms with Crippen molar-refractivity contribution in [3.63, 3.8) is 0 Å². The SMILES string of the molecule is Cc1cc(N2C[C@H](O)[C@@]3(C2)[C@H](CO)[C@H]3c2ccccc2)nc(N2CCCCC2)n1. The molecule has 0 amide bonds. The van der Waals surface area contributed by atoms with Crippen LogP contribution in [-0.4, -0.2) is 59.1 Å². The standard InChI is InChI=1S/C23H30N4O2/c1-16-12-20(25-22(24-16)26-10-6-3-7-11-26)27-13-19(29)23(15-27)18(14-28)21(23)17-8-4-2-5-9-17/h2,4-5,8-9,12,18-19,21,28-29H,3,6-7,10-11,13-15H2,1H3/t18-,19+,21-,23-/m1/s1. The van der Waals surface area contributed by atoms with E-state index < -0.39 is 6.10 Å². The van der Waals surface area contributed by atoms with Gasteiger partial charge in [0.1, 0.15) is 5.82 Å². The van der Waals surface area contributed by atoms with Gasteiger partial charge in [-0.3, -0.25) is 0 Å². The zero-order chi connectivity index (χ0) is 20.0. The number of anilines is 2. The van der Waals surface area contributed by atoms with Gasteiger partial charge in [0.15, 0.2) is 0 Å². The summed E-state index contributed by atoms with van der Waals surface area (Å²) in [5.74, 6) is 1.99. The zero-order valence-corrected chi connectivity index (χ0v) is 17.0. The average molecular weight is 395 g/mol. The van der Waals surface area contributed by atoms with E-state index in [4.69, 9.17) is 4.98 Å². The number of hydrogen-bond acceptors (Lipinski definition) is 6. The molecule has 0 unspecified atom stereocenters. The molecule has 0 bridgehead atoms. The molecule has 3 heterocycles. The van der Waals surface area contributed by atoms with E-state index in [1.807, 2.05) is 31.2 Å². The first-order chi connectivity index (χ1) is 14.1. The van der Waals surface area contributed by atoms with Crippen LogP contribution in [0.5, 0.6) is 0 Å². The minimum atomic E-state index is -0.474. The Morgan fingerprint density at radius 2 is 1.83 bits per heavy atom. The number of rotatable bonds is 4. The minimum Gasteiger partial charge on any atom is -0.396 e. The number of aryl methyl sites for hydroxylation is 1. The van der Waals surface area contributed by atoms with Crippen LogP contribution in [0.25, 0.3) is 0 Å². The highest BCUT2D eigenvalue weighted by Crippen LogP contribution is 2.68. The number of β-amino-alcohol motifs (C(OH)–C–C–N with tert-alkyl or cyclic N) is 1. The maximum absolute atomic E-state index is 11.1. The van der Waals surface area contributed by atoms with Gasteiger partial charge in [-0.05, 0) is 43.6 Å². The average Bonchev–Trinajstić information content (AvgIpc) is 3.29. The van der Waals surface area contributed by atoms with Crippen LogP contribution in [0.15, 0.2) is 36.4 Å². The van der Waals surface area contributed by atoms with E-state index in [0.29, 0.717) is 6.54 Å². The van der Waals surface area contributed by atoms with Crippen molar-refractivity contribution in [1.82, 2.24) is 9.97 Å². The molecule has 2 saturated heterocycles. The van der Waals surface area contributed by atoms with Crippen molar-refractivity contribution in [1.29, 1.82) is 0 Å². The quantitative estimate of drug-likeness (QED) is 0.829. The fourth-order valence-corrected chi connectivity index (χ4v) is 5.68. The topological polar surface area (TPSA) is 72.7 Å². The molecule has 6 nitrogen and oxygen atoms in total. The van der Waals surface area contributed by atoms with Crippen molar-refractivity contribution in [2.45, 2.75) is 38.2 Å². The van der Waals surface area contributed by atoms with Crippen LogP contribution in [-0.2, 0) is 0 Å². The van der Waals surface area contributed by atoms with Crippen LogP contribution in [0.4, 0.5) is 11.8 Å². The lowest BCUT2D eigenvalue weighted by molar-refractivity contribution is 0.113. The third kappa shape index (κ3) is 3.09. The highest BCUT2D eigenvalue weighted by molar-refractivity contribution is 5.51. The Morgan fingerprint density at radius 3 is 2.55 bits per heavy atom. The summed E-state index contributed by atoms with van der Waals surface area (Å²) < 4.78 is 0. The van der Waals surface area contributed by atoms with Gasteiger partial charge in [0.25, 0.3) is 0 Å². The molecule has 154 valence electrons. The maximum atomic E-state index is 11.1. The first-order valence-electron chi connectivity index (χ1n) is 10.8. The van der Waals surface area contributed by atoms with Gasteiger partial charge in [0.2, 0.25) is 5.95 Å². The number of hydrogen-bond donors (Lipinski definition) is 2. The van der Waals surface area contributed by atoms with Crippen LogP contribution in [0.1, 0.15) is 36.4 Å². The molecule has 1 saturated carbocycles. The summed E-state index contributed by atoms with van der Waals surface area (Å²) in [6.45, 7) is 5.41. The fourth-order valence-electron chi connectivity index (χ4n) is 5.68. The number of aliphatic hydroxyl groups is 2. The normalized spacial score (nSPS) is 31.5. The van der Waals surface area contributed by atoms with Crippen molar-refractivity contribution < 1.29 is 10.2 Å². The molecule has 6 heteroatoms. The number of aromatic nitrogens is 2. The van der Waals surface area contributed by atoms with Crippen molar-refractivity contribution >= 4 is 11.8 Å². The Bertz CT molecular complexity index is 870. The van der Waals surface area contributed by atoms with Crippen molar-refractivity contribution in [3.8, 4) is 0 Å². The van der Waals surface area contributed by atoms with Gasteiger partial charge in [-0.2, -0.15) is 4.98 Å². The molecular weight excluding hydrogens is 364 g/mol. The molecule has 5 rings (SSSR count). The van der Waals surface area contributed by atoms with Crippen LogP contribution in [0.3, 0.4) is 0 Å². The summed E-state index contributed by atoms with van der Waals surface area (Å²) in [6, 6.07) is 12.3. The number of piperidine rings is 1. The lowest BCUT2D eigenvalue weighted by Gasteiger charge is -2.28. The summed E-state index contributed by atoms with van der Waals surface area (Å²) in [4.78, 5) is 14.0. The molecule has 0 radical (unpaired) electrons. The molecule has 1 spiro atoms. The molecular formula is C23H30N4O2. The highest BCUT2D eigenvalue weighted by Gasteiger charge is 2.71. The predicted molar refractivity (Wildman–Crippen MR) is 113 cm³/mol. The number of benzene rings is 1. The molecule has 2 aliphatic heterocycles. The van der Waals surface area contributed by atoms with Gasteiger partial charge in [-0.15, -0.1) is 0 Å². The smallest absolute Gasteiger partial charge is 0.227 e. The number of aliphatic hydroxyl groups excluding tert-OH is 2. The lowest BCUT2D eigenvalue weighted by Crippen LogP contribution is -2.32. The highest BCUT2D eigenvalue weighted by atomic mass is 16.3. The monoisotopic (exact) mass is 394 g/mol. The predicted octanol–water partition coefficient (Wildman–Crippen LogP) is 2.35. The van der Waals surface area contributed by atoms with E-state index in [2.05, 4.69) is 26.9 Å². The third-order valence-corrected chi connectivity index (χ3v) is 7.19. The van der Waals surface area contributed by atoms with Crippen molar-refractivity contribution in [2.75, 3.05) is 42.6 Å². The maximum Gasteiger partial charge on any atom is 0.227 e. The fraction of sp³-hybridized carbons (Fsp3) is 0.565. The Hall–Kier alpha value is -2.18. The Labute approximate surface area is 172 Å². The Kier molecular flexibility index (Phi) is 4.71. The second kappa shape index (κ2) is 7.26. The van der Waals surface area contributed by atoms with E-state index in [-0.39, 0.29) is 23.9 Å². The van der Waals surface area contributed by atoms with Crippen molar-refractivity contribution in [2.24, 2.45) is 11.3 Å². The molecule has 3 aliphatic rings. The van der Waals surface area contributed by atoms with Crippen LogP contribution in [0, 0.1) is 18.3 Å². The van der Waals surface area contributed by atoms with Gasteiger partial charge < -0.3 is 20.0 Å². The van der Waals surface area contributed by atoms with Gasteiger partial charge in [-0.1, -0.05) is 30.3 Å². The van der Waals surface area contributed by atoms with E-state index in [9.17, 15) is 10.2 Å². The summed E-state index contributed by atoms with van der Waals surface area (Å²) in [5, 5.41) is 21.1. The van der Waals surface area contributed by atoms with Gasteiger partial charge in [0.05, 0.1) is 6.10 Å². The van der Waals surface area contributed by atoms with Gasteiger partial charge in [-0.25, -0.2) is 4.98 Å². The van der Waals surface area contributed by atoms with Gasteiger partial charge in [0, 0.05) is 50.0 Å². The van der Waals surface area contributed by atoms with Crippen LogP contribution in [0.2, 0.25) is 0 Å². The Morgan fingerprint density at radius 1 is 1.07 bits per heavy atom. The van der Waals surface area contributed by atoms with Crippen molar-refractivity contribution in [3.05, 3.63) is 47.7 Å². The molecule has 29 heavy (non-hydrogen) atoms. The molecule has 1 aliphatic carbocycles. The zero-order valence-electron chi connectivity index (χ0n) is 17.0. The minimum absolute atomic E-state index is 0.0920. The molecule has 4 atom stereocenters. The van der Waals surface area contributed by atoms with Crippen LogP contribution < -0.4 is 9.80 Å². The molecule has 2 N–H and O–H groups in total. The van der Waals surface area contributed by atoms with E-state index in [0.717, 1.165) is 37.1 Å². The summed E-state index contributed by atoms with van der Waals surface area (Å²) in [5.41, 5.74) is 1.88.